The predicted octanol–water partition coefficient (Wildman–Crippen LogP) is 2.28. The van der Waals surface area contributed by atoms with Gasteiger partial charge in [0.2, 0.25) is 5.91 Å². The highest BCUT2D eigenvalue weighted by molar-refractivity contribution is 5.83. The maximum absolute atomic E-state index is 13.8. The third-order valence-electron chi connectivity index (χ3n) is 4.70. The van der Waals surface area contributed by atoms with Gasteiger partial charge in [0.25, 0.3) is 0 Å². The number of amides is 1. The van der Waals surface area contributed by atoms with Crippen molar-refractivity contribution in [2.45, 2.75) is 31.2 Å². The van der Waals surface area contributed by atoms with Crippen molar-refractivity contribution >= 4 is 5.91 Å². The molecule has 3 rings (SSSR count). The molecule has 21 heavy (non-hydrogen) atoms. The molecule has 1 N–H and O–H groups in total. The molecule has 114 valence electrons. The summed E-state index contributed by atoms with van der Waals surface area (Å²) in [4.78, 5) is 14.3. The molecule has 2 fully saturated rings. The molecule has 2 unspecified atom stereocenters. The molecule has 0 aromatic heterocycles. The van der Waals surface area contributed by atoms with E-state index in [0.717, 1.165) is 32.0 Å². The van der Waals surface area contributed by atoms with Crippen LogP contribution in [-0.4, -0.2) is 37.0 Å². The lowest BCUT2D eigenvalue weighted by molar-refractivity contribution is -0.133. The van der Waals surface area contributed by atoms with Gasteiger partial charge in [0, 0.05) is 25.0 Å². The number of rotatable bonds is 3. The Morgan fingerprint density at radius 1 is 1.29 bits per heavy atom. The number of carbonyl (C=O) groups is 1. The van der Waals surface area contributed by atoms with E-state index >= 15 is 0 Å². The summed E-state index contributed by atoms with van der Waals surface area (Å²) in [7, 11) is 1.94. The van der Waals surface area contributed by atoms with E-state index in [1.807, 2.05) is 11.9 Å². The van der Waals surface area contributed by atoms with Crippen molar-refractivity contribution in [3.8, 4) is 0 Å². The van der Waals surface area contributed by atoms with Crippen LogP contribution in [0.4, 0.5) is 8.78 Å². The molecule has 1 aromatic rings. The quantitative estimate of drug-likeness (QED) is 0.927. The molecule has 0 radical (unpaired) electrons. The predicted molar refractivity (Wildman–Crippen MR) is 75.9 cm³/mol. The average Bonchev–Trinajstić information content (AvgIpc) is 3.30. The Kier molecular flexibility index (Phi) is 3.93. The largest absolute Gasteiger partial charge is 0.342 e. The Bertz CT molecular complexity index is 541. The third-order valence-corrected chi connectivity index (χ3v) is 4.70. The van der Waals surface area contributed by atoms with Gasteiger partial charge in [-0.05, 0) is 43.9 Å². The van der Waals surface area contributed by atoms with Crippen molar-refractivity contribution in [1.29, 1.82) is 0 Å². The van der Waals surface area contributed by atoms with E-state index in [-0.39, 0.29) is 17.7 Å². The fraction of sp³-hybridized carbons (Fsp3) is 0.562. The van der Waals surface area contributed by atoms with Gasteiger partial charge in [0.15, 0.2) is 11.6 Å². The zero-order valence-corrected chi connectivity index (χ0v) is 12.1. The first-order valence-electron chi connectivity index (χ1n) is 7.51. The fourth-order valence-electron chi connectivity index (χ4n) is 3.24. The first-order valence-corrected chi connectivity index (χ1v) is 7.51. The molecule has 1 aromatic carbocycles. The van der Waals surface area contributed by atoms with Gasteiger partial charge in [-0.3, -0.25) is 4.79 Å². The summed E-state index contributed by atoms with van der Waals surface area (Å²) in [5.41, 5.74) is 0.346. The molecular formula is C16H20F2N2O. The lowest BCUT2D eigenvalue weighted by atomic mass is 10.0. The molecule has 0 bridgehead atoms. The van der Waals surface area contributed by atoms with Gasteiger partial charge < -0.3 is 10.2 Å². The third kappa shape index (κ3) is 2.79. The van der Waals surface area contributed by atoms with E-state index < -0.39 is 11.6 Å². The zero-order valence-electron chi connectivity index (χ0n) is 12.1. The number of hydrogen-bond acceptors (Lipinski definition) is 2. The highest BCUT2D eigenvalue weighted by atomic mass is 19.2. The van der Waals surface area contributed by atoms with E-state index in [2.05, 4.69) is 5.32 Å². The van der Waals surface area contributed by atoms with Crippen molar-refractivity contribution < 1.29 is 13.6 Å². The van der Waals surface area contributed by atoms with Crippen LogP contribution in [0.3, 0.4) is 0 Å². The van der Waals surface area contributed by atoms with E-state index in [9.17, 15) is 13.6 Å². The van der Waals surface area contributed by atoms with Gasteiger partial charge in [-0.25, -0.2) is 8.78 Å². The maximum atomic E-state index is 13.8. The molecule has 5 heteroatoms. The van der Waals surface area contributed by atoms with Gasteiger partial charge in [0.1, 0.15) is 0 Å². The number of carbonyl (C=O) groups excluding carboxylic acids is 1. The van der Waals surface area contributed by atoms with Crippen LogP contribution in [-0.2, 0) is 4.79 Å². The summed E-state index contributed by atoms with van der Waals surface area (Å²) < 4.78 is 27.0. The lowest BCUT2D eigenvalue weighted by Gasteiger charge is -2.32. The number of hydrogen-bond donors (Lipinski definition) is 1. The molecule has 1 saturated heterocycles. The number of likely N-dealkylation sites (tertiary alicyclic amines) is 1. The Morgan fingerprint density at radius 3 is 2.67 bits per heavy atom. The van der Waals surface area contributed by atoms with Crippen LogP contribution in [0.5, 0.6) is 0 Å². The topological polar surface area (TPSA) is 32.3 Å². The van der Waals surface area contributed by atoms with E-state index in [1.165, 1.54) is 6.07 Å². The van der Waals surface area contributed by atoms with Crippen molar-refractivity contribution in [1.82, 2.24) is 10.2 Å². The van der Waals surface area contributed by atoms with Crippen molar-refractivity contribution in [3.63, 3.8) is 0 Å². The fourth-order valence-corrected chi connectivity index (χ4v) is 3.24. The molecule has 2 atom stereocenters. The minimum Gasteiger partial charge on any atom is -0.342 e. The number of halogens is 2. The first-order chi connectivity index (χ1) is 10.1. The maximum Gasteiger partial charge on any atom is 0.226 e. The van der Waals surface area contributed by atoms with Crippen molar-refractivity contribution in [3.05, 3.63) is 35.4 Å². The normalized spacial score (nSPS) is 26.0. The van der Waals surface area contributed by atoms with E-state index in [0.29, 0.717) is 18.0 Å². The SMILES string of the molecule is CNC1CCN(C(=O)C2CC2c2cccc(F)c2F)CC1. The summed E-state index contributed by atoms with van der Waals surface area (Å²) in [5, 5.41) is 3.23. The Balaban J connectivity index is 1.63. The minimum atomic E-state index is -0.833. The highest BCUT2D eigenvalue weighted by Gasteiger charge is 2.47. The van der Waals surface area contributed by atoms with Crippen LogP contribution in [0.25, 0.3) is 0 Å². The second kappa shape index (κ2) is 5.72. The van der Waals surface area contributed by atoms with Gasteiger partial charge in [-0.1, -0.05) is 12.1 Å². The minimum absolute atomic E-state index is 0.0956. The summed E-state index contributed by atoms with van der Waals surface area (Å²) in [6.07, 6.45) is 2.53. The van der Waals surface area contributed by atoms with E-state index in [1.54, 1.807) is 6.07 Å². The molecule has 1 aliphatic carbocycles. The number of nitrogens with zero attached hydrogens (tertiary/aromatic N) is 1. The molecule has 2 aliphatic rings. The summed E-state index contributed by atoms with van der Waals surface area (Å²) >= 11 is 0. The number of nitrogens with one attached hydrogen (secondary N) is 1. The van der Waals surface area contributed by atoms with Crippen LogP contribution in [0, 0.1) is 17.6 Å². The lowest BCUT2D eigenvalue weighted by Crippen LogP contribution is -2.44. The van der Waals surface area contributed by atoms with Crippen LogP contribution in [0.2, 0.25) is 0 Å². The molecule has 1 aliphatic heterocycles. The van der Waals surface area contributed by atoms with Crippen molar-refractivity contribution in [2.75, 3.05) is 20.1 Å². The summed E-state index contributed by atoms with van der Waals surface area (Å²) in [6, 6.07) is 4.68. The number of piperidine rings is 1. The first kappa shape index (κ1) is 14.4. The van der Waals surface area contributed by atoms with Crippen LogP contribution >= 0.6 is 0 Å². The Hall–Kier alpha value is -1.49. The van der Waals surface area contributed by atoms with Gasteiger partial charge in [-0.2, -0.15) is 0 Å². The molecule has 1 amide bonds. The van der Waals surface area contributed by atoms with E-state index in [4.69, 9.17) is 0 Å². The second-order valence-electron chi connectivity index (χ2n) is 5.98. The average molecular weight is 294 g/mol. The van der Waals surface area contributed by atoms with Crippen molar-refractivity contribution in [2.24, 2.45) is 5.92 Å². The zero-order chi connectivity index (χ0) is 15.0. The molecular weight excluding hydrogens is 274 g/mol. The standard InChI is InChI=1S/C16H20F2N2O/c1-19-10-5-7-20(8-6-10)16(21)13-9-12(13)11-3-2-4-14(17)15(11)18/h2-4,10,12-13,19H,5-9H2,1H3. The summed E-state index contributed by atoms with van der Waals surface area (Å²) in [6.45, 7) is 1.50. The molecule has 1 heterocycles. The second-order valence-corrected chi connectivity index (χ2v) is 5.98. The van der Waals surface area contributed by atoms with Gasteiger partial charge in [0.05, 0.1) is 0 Å². The molecule has 1 saturated carbocycles. The highest BCUT2D eigenvalue weighted by Crippen LogP contribution is 2.49. The Morgan fingerprint density at radius 2 is 2.00 bits per heavy atom. The smallest absolute Gasteiger partial charge is 0.226 e. The van der Waals surface area contributed by atoms with Gasteiger partial charge >= 0.3 is 0 Å². The van der Waals surface area contributed by atoms with Crippen LogP contribution in [0.1, 0.15) is 30.7 Å². The Labute approximate surface area is 123 Å². The van der Waals surface area contributed by atoms with Crippen LogP contribution < -0.4 is 5.32 Å². The monoisotopic (exact) mass is 294 g/mol. The van der Waals surface area contributed by atoms with Crippen LogP contribution in [0.15, 0.2) is 18.2 Å². The van der Waals surface area contributed by atoms with Gasteiger partial charge in [-0.15, -0.1) is 0 Å². The molecule has 0 spiro atoms. The molecule has 3 nitrogen and oxygen atoms in total. The number of benzene rings is 1. The summed E-state index contributed by atoms with van der Waals surface area (Å²) in [5.74, 6) is -1.87.